The lowest BCUT2D eigenvalue weighted by molar-refractivity contribution is -0.145. The van der Waals surface area contributed by atoms with E-state index in [2.05, 4.69) is 21.2 Å². The van der Waals surface area contributed by atoms with E-state index in [1.165, 1.54) is 7.11 Å². The highest BCUT2D eigenvalue weighted by atomic mass is 79.9. The minimum Gasteiger partial charge on any atom is -0.467 e. The van der Waals surface area contributed by atoms with Crippen LogP contribution < -0.4 is 5.32 Å². The zero-order valence-electron chi connectivity index (χ0n) is 10.6. The molecule has 0 saturated heterocycles. The lowest BCUT2D eigenvalue weighted by Crippen LogP contribution is -2.36. The molecule has 0 aliphatic heterocycles. The molecule has 98 valence electrons. The highest BCUT2D eigenvalue weighted by molar-refractivity contribution is 9.10. The average molecular weight is 314 g/mol. The Balaban J connectivity index is 2.95. The van der Waals surface area contributed by atoms with E-state index in [1.807, 2.05) is 12.1 Å². The molecule has 5 heteroatoms. The van der Waals surface area contributed by atoms with Crippen molar-refractivity contribution in [3.8, 4) is 0 Å². The summed E-state index contributed by atoms with van der Waals surface area (Å²) in [6.45, 7) is 3.54. The molecule has 0 aromatic heterocycles. The molecule has 1 atom stereocenters. The minimum absolute atomic E-state index is 0.187. The third-order valence-electron chi connectivity index (χ3n) is 2.45. The highest BCUT2D eigenvalue weighted by Crippen LogP contribution is 2.18. The van der Waals surface area contributed by atoms with E-state index in [1.54, 1.807) is 26.0 Å². The van der Waals surface area contributed by atoms with Gasteiger partial charge in [0.1, 0.15) is 0 Å². The molecule has 0 unspecified atom stereocenters. The number of methoxy groups -OCH3 is 1. The third-order valence-corrected chi connectivity index (χ3v) is 2.98. The Morgan fingerprint density at radius 3 is 2.22 bits per heavy atom. The lowest BCUT2D eigenvalue weighted by atomic mass is 10.1. The Bertz CT molecular complexity index is 428. The van der Waals surface area contributed by atoms with E-state index in [0.717, 1.165) is 4.47 Å². The normalized spacial score (nSPS) is 12.1. The van der Waals surface area contributed by atoms with Gasteiger partial charge in [-0.3, -0.25) is 4.79 Å². The Hall–Kier alpha value is -1.36. The standard InChI is InChI=1S/C13H16BrNO3/c1-8(2)12(16)15-11(13(17)18-3)9-4-6-10(14)7-5-9/h4-8,11H,1-3H3,(H,15,16)/t11-/m1/s1. The van der Waals surface area contributed by atoms with Gasteiger partial charge in [0.15, 0.2) is 6.04 Å². The summed E-state index contributed by atoms with van der Waals surface area (Å²) in [5.41, 5.74) is 0.694. The van der Waals surface area contributed by atoms with Crippen LogP contribution in [0.5, 0.6) is 0 Å². The molecule has 1 aromatic rings. The second kappa shape index (κ2) is 6.54. The van der Waals surface area contributed by atoms with Crippen molar-refractivity contribution in [3.63, 3.8) is 0 Å². The summed E-state index contributed by atoms with van der Waals surface area (Å²) >= 11 is 3.32. The van der Waals surface area contributed by atoms with E-state index < -0.39 is 12.0 Å². The van der Waals surface area contributed by atoms with Crippen LogP contribution in [0.1, 0.15) is 25.5 Å². The van der Waals surface area contributed by atoms with Crippen LogP contribution in [0.15, 0.2) is 28.7 Å². The zero-order valence-corrected chi connectivity index (χ0v) is 12.2. The maximum absolute atomic E-state index is 11.7. The molecule has 0 fully saturated rings. The van der Waals surface area contributed by atoms with Crippen molar-refractivity contribution >= 4 is 27.8 Å². The SMILES string of the molecule is COC(=O)[C@H](NC(=O)C(C)C)c1ccc(Br)cc1. The first-order chi connectivity index (χ1) is 8.45. The van der Waals surface area contributed by atoms with Gasteiger partial charge < -0.3 is 10.1 Å². The maximum Gasteiger partial charge on any atom is 0.333 e. The van der Waals surface area contributed by atoms with Gasteiger partial charge >= 0.3 is 5.97 Å². The molecule has 0 aliphatic carbocycles. The molecule has 0 saturated carbocycles. The first kappa shape index (κ1) is 14.7. The van der Waals surface area contributed by atoms with Gasteiger partial charge in [-0.25, -0.2) is 4.79 Å². The fourth-order valence-corrected chi connectivity index (χ4v) is 1.62. The van der Waals surface area contributed by atoms with E-state index in [9.17, 15) is 9.59 Å². The van der Waals surface area contributed by atoms with Crippen LogP contribution in [-0.2, 0) is 14.3 Å². The van der Waals surface area contributed by atoms with Gasteiger partial charge in [-0.05, 0) is 17.7 Å². The molecule has 1 amide bonds. The molecule has 0 aliphatic rings. The molecule has 1 rings (SSSR count). The summed E-state index contributed by atoms with van der Waals surface area (Å²) in [6, 6.07) is 6.40. The number of carbonyl (C=O) groups excluding carboxylic acids is 2. The van der Waals surface area contributed by atoms with Crippen molar-refractivity contribution in [1.29, 1.82) is 0 Å². The number of ether oxygens (including phenoxy) is 1. The fourth-order valence-electron chi connectivity index (χ4n) is 1.36. The number of hydrogen-bond donors (Lipinski definition) is 1. The molecule has 1 N–H and O–H groups in total. The third kappa shape index (κ3) is 3.84. The molecule has 1 aromatic carbocycles. The number of halogens is 1. The fraction of sp³-hybridized carbons (Fsp3) is 0.385. The molecule has 0 heterocycles. The van der Waals surface area contributed by atoms with E-state index >= 15 is 0 Å². The first-order valence-corrected chi connectivity index (χ1v) is 6.38. The van der Waals surface area contributed by atoms with Gasteiger partial charge in [-0.2, -0.15) is 0 Å². The predicted molar refractivity (Wildman–Crippen MR) is 71.9 cm³/mol. The molecule has 18 heavy (non-hydrogen) atoms. The van der Waals surface area contributed by atoms with Crippen LogP contribution in [-0.4, -0.2) is 19.0 Å². The van der Waals surface area contributed by atoms with Crippen molar-refractivity contribution in [2.24, 2.45) is 5.92 Å². The summed E-state index contributed by atoms with van der Waals surface area (Å²) in [6.07, 6.45) is 0. The summed E-state index contributed by atoms with van der Waals surface area (Å²) in [4.78, 5) is 23.4. The number of esters is 1. The number of rotatable bonds is 4. The molecule has 0 spiro atoms. The second-order valence-electron chi connectivity index (χ2n) is 4.17. The number of carbonyl (C=O) groups is 2. The number of nitrogens with one attached hydrogen (secondary N) is 1. The van der Waals surface area contributed by atoms with Gasteiger partial charge in [0.05, 0.1) is 7.11 Å². The van der Waals surface area contributed by atoms with Crippen molar-refractivity contribution < 1.29 is 14.3 Å². The molecule has 0 radical (unpaired) electrons. The van der Waals surface area contributed by atoms with Crippen LogP contribution >= 0.6 is 15.9 Å². The van der Waals surface area contributed by atoms with E-state index in [-0.39, 0.29) is 11.8 Å². The van der Waals surface area contributed by atoms with Crippen LogP contribution in [0, 0.1) is 5.92 Å². The second-order valence-corrected chi connectivity index (χ2v) is 5.09. The number of hydrogen-bond acceptors (Lipinski definition) is 3. The first-order valence-electron chi connectivity index (χ1n) is 5.59. The quantitative estimate of drug-likeness (QED) is 0.869. The van der Waals surface area contributed by atoms with Gasteiger partial charge in [0.25, 0.3) is 0 Å². The van der Waals surface area contributed by atoms with Crippen molar-refractivity contribution in [3.05, 3.63) is 34.3 Å². The smallest absolute Gasteiger partial charge is 0.333 e. The number of benzene rings is 1. The molecule has 0 bridgehead atoms. The van der Waals surface area contributed by atoms with Crippen molar-refractivity contribution in [2.45, 2.75) is 19.9 Å². The molecule has 4 nitrogen and oxygen atoms in total. The summed E-state index contributed by atoms with van der Waals surface area (Å²) < 4.78 is 5.62. The Labute approximate surface area is 115 Å². The van der Waals surface area contributed by atoms with Crippen molar-refractivity contribution in [2.75, 3.05) is 7.11 Å². The zero-order chi connectivity index (χ0) is 13.7. The van der Waals surface area contributed by atoms with E-state index in [0.29, 0.717) is 5.56 Å². The molecular weight excluding hydrogens is 298 g/mol. The summed E-state index contributed by atoms with van der Waals surface area (Å²) in [7, 11) is 1.30. The van der Waals surface area contributed by atoms with E-state index in [4.69, 9.17) is 4.74 Å². The van der Waals surface area contributed by atoms with Gasteiger partial charge in [0.2, 0.25) is 5.91 Å². The van der Waals surface area contributed by atoms with Gasteiger partial charge in [-0.15, -0.1) is 0 Å². The Morgan fingerprint density at radius 1 is 1.22 bits per heavy atom. The van der Waals surface area contributed by atoms with Crippen molar-refractivity contribution in [1.82, 2.24) is 5.32 Å². The van der Waals surface area contributed by atoms with Gasteiger partial charge in [0, 0.05) is 10.4 Å². The minimum atomic E-state index is -0.766. The lowest BCUT2D eigenvalue weighted by Gasteiger charge is -2.18. The summed E-state index contributed by atoms with van der Waals surface area (Å²) in [5, 5.41) is 2.67. The Kier molecular flexibility index (Phi) is 5.34. The van der Waals surface area contributed by atoms with Crippen LogP contribution in [0.25, 0.3) is 0 Å². The maximum atomic E-state index is 11.7. The largest absolute Gasteiger partial charge is 0.467 e. The van der Waals surface area contributed by atoms with Crippen LogP contribution in [0.4, 0.5) is 0 Å². The number of amides is 1. The Morgan fingerprint density at radius 2 is 1.78 bits per heavy atom. The monoisotopic (exact) mass is 313 g/mol. The predicted octanol–water partition coefficient (Wildman–Crippen LogP) is 2.44. The summed E-state index contributed by atoms with van der Waals surface area (Å²) in [5.74, 6) is -0.854. The highest BCUT2D eigenvalue weighted by Gasteiger charge is 2.24. The topological polar surface area (TPSA) is 55.4 Å². The van der Waals surface area contributed by atoms with Gasteiger partial charge in [-0.1, -0.05) is 41.9 Å². The van der Waals surface area contributed by atoms with Crippen LogP contribution in [0.2, 0.25) is 0 Å². The molecular formula is C13H16BrNO3. The average Bonchev–Trinajstić information content (AvgIpc) is 2.35. The van der Waals surface area contributed by atoms with Crippen LogP contribution in [0.3, 0.4) is 0 Å².